The molecule has 1 heterocycles. The number of nitrogens with zero attached hydrogens (tertiary/aromatic N) is 4. The van der Waals surface area contributed by atoms with Gasteiger partial charge in [0.25, 0.3) is 5.91 Å². The Balaban J connectivity index is 1.67. The lowest BCUT2D eigenvalue weighted by atomic mass is 10.2. The van der Waals surface area contributed by atoms with Crippen molar-refractivity contribution >= 4 is 17.6 Å². The summed E-state index contributed by atoms with van der Waals surface area (Å²) in [5.74, 6) is -0.216. The van der Waals surface area contributed by atoms with Crippen LogP contribution in [0.5, 0.6) is 11.5 Å². The van der Waals surface area contributed by atoms with E-state index in [-0.39, 0.29) is 5.56 Å². The van der Waals surface area contributed by atoms with Gasteiger partial charge in [0.2, 0.25) is 0 Å². The average Bonchev–Trinajstić information content (AvgIpc) is 3.26. The van der Waals surface area contributed by atoms with Crippen LogP contribution in [-0.4, -0.2) is 52.9 Å². The van der Waals surface area contributed by atoms with E-state index in [0.717, 1.165) is 0 Å². The summed E-state index contributed by atoms with van der Waals surface area (Å²) in [6.07, 6.45) is 1.36. The van der Waals surface area contributed by atoms with E-state index in [1.165, 1.54) is 25.2 Å². The van der Waals surface area contributed by atoms with Gasteiger partial charge in [-0.25, -0.2) is 4.79 Å². The molecule has 0 fully saturated rings. The van der Waals surface area contributed by atoms with E-state index < -0.39 is 18.5 Å². The number of nitrogens with one attached hydrogen (secondary N) is 1. The predicted molar refractivity (Wildman–Crippen MR) is 97.6 cm³/mol. The molecule has 3 rings (SSSR count). The van der Waals surface area contributed by atoms with Crippen LogP contribution < -0.4 is 14.8 Å². The van der Waals surface area contributed by atoms with Gasteiger partial charge in [0.15, 0.2) is 6.61 Å². The van der Waals surface area contributed by atoms with Crippen molar-refractivity contribution in [3.63, 3.8) is 0 Å². The van der Waals surface area contributed by atoms with Crippen molar-refractivity contribution in [1.29, 1.82) is 0 Å². The number of methoxy groups -OCH3 is 2. The summed E-state index contributed by atoms with van der Waals surface area (Å²) < 4.78 is 16.8. The predicted octanol–water partition coefficient (Wildman–Crippen LogP) is 1.47. The molecule has 10 heteroatoms. The van der Waals surface area contributed by atoms with E-state index in [1.807, 2.05) is 0 Å². The topological polar surface area (TPSA) is 117 Å². The van der Waals surface area contributed by atoms with E-state index in [9.17, 15) is 9.59 Å². The highest BCUT2D eigenvalue weighted by atomic mass is 16.5. The third-order valence-electron chi connectivity index (χ3n) is 3.73. The molecular weight excluding hydrogens is 366 g/mol. The van der Waals surface area contributed by atoms with Gasteiger partial charge in [0.1, 0.15) is 17.8 Å². The molecule has 0 saturated heterocycles. The summed E-state index contributed by atoms with van der Waals surface area (Å²) in [4.78, 5) is 24.6. The summed E-state index contributed by atoms with van der Waals surface area (Å²) in [5, 5.41) is 13.5. The number of esters is 1. The van der Waals surface area contributed by atoms with Gasteiger partial charge in [-0.15, -0.1) is 5.10 Å². The first-order valence-electron chi connectivity index (χ1n) is 8.13. The Hall–Kier alpha value is -3.95. The van der Waals surface area contributed by atoms with Gasteiger partial charge in [0, 0.05) is 6.07 Å². The standard InChI is InChI=1S/C18H17N5O5/c1-26-12-7-8-16(27-2)14(9-12)20-17(24)10-28-18(25)13-5-3-4-6-15(13)23-11-19-21-22-23/h3-9,11H,10H2,1-2H3,(H,20,24). The number of rotatable bonds is 7. The van der Waals surface area contributed by atoms with Crippen molar-refractivity contribution in [3.05, 3.63) is 54.4 Å². The van der Waals surface area contributed by atoms with E-state index in [1.54, 1.807) is 42.5 Å². The quantitative estimate of drug-likeness (QED) is 0.610. The van der Waals surface area contributed by atoms with Crippen LogP contribution in [0.2, 0.25) is 0 Å². The van der Waals surface area contributed by atoms with Crippen LogP contribution in [0.25, 0.3) is 5.69 Å². The fourth-order valence-corrected chi connectivity index (χ4v) is 2.42. The van der Waals surface area contributed by atoms with Crippen molar-refractivity contribution in [2.24, 2.45) is 0 Å². The molecule has 0 bridgehead atoms. The maximum atomic E-state index is 12.4. The lowest BCUT2D eigenvalue weighted by Gasteiger charge is -2.12. The molecule has 0 saturated carbocycles. The zero-order valence-electron chi connectivity index (χ0n) is 15.2. The first-order chi connectivity index (χ1) is 13.6. The van der Waals surface area contributed by atoms with Crippen LogP contribution in [0.3, 0.4) is 0 Å². The Morgan fingerprint density at radius 2 is 1.93 bits per heavy atom. The number of aromatic nitrogens is 4. The second kappa shape index (κ2) is 8.62. The van der Waals surface area contributed by atoms with Gasteiger partial charge in [-0.05, 0) is 34.7 Å². The van der Waals surface area contributed by atoms with E-state index in [0.29, 0.717) is 22.9 Å². The van der Waals surface area contributed by atoms with Crippen molar-refractivity contribution in [3.8, 4) is 17.2 Å². The molecule has 0 aliphatic rings. The SMILES string of the molecule is COc1ccc(OC)c(NC(=O)COC(=O)c2ccccc2-n2cnnn2)c1. The van der Waals surface area contributed by atoms with Crippen LogP contribution in [0.15, 0.2) is 48.8 Å². The van der Waals surface area contributed by atoms with Crippen LogP contribution in [-0.2, 0) is 9.53 Å². The fourth-order valence-electron chi connectivity index (χ4n) is 2.42. The molecule has 0 aliphatic heterocycles. The molecule has 144 valence electrons. The van der Waals surface area contributed by atoms with Crippen molar-refractivity contribution in [2.75, 3.05) is 26.1 Å². The minimum absolute atomic E-state index is 0.224. The number of hydrogen-bond acceptors (Lipinski definition) is 8. The molecular formula is C18H17N5O5. The lowest BCUT2D eigenvalue weighted by molar-refractivity contribution is -0.119. The Kier molecular flexibility index (Phi) is 5.80. The first kappa shape index (κ1) is 18.8. The summed E-state index contributed by atoms with van der Waals surface area (Å²) in [7, 11) is 2.99. The molecule has 0 atom stereocenters. The molecule has 1 amide bonds. The molecule has 0 spiro atoms. The third-order valence-corrected chi connectivity index (χ3v) is 3.73. The Morgan fingerprint density at radius 3 is 2.64 bits per heavy atom. The van der Waals surface area contributed by atoms with Gasteiger partial charge in [0.05, 0.1) is 31.2 Å². The number of anilines is 1. The average molecular weight is 383 g/mol. The zero-order chi connectivity index (χ0) is 19.9. The van der Waals surface area contributed by atoms with Gasteiger partial charge >= 0.3 is 5.97 Å². The second-order valence-corrected chi connectivity index (χ2v) is 5.46. The van der Waals surface area contributed by atoms with Crippen molar-refractivity contribution in [2.45, 2.75) is 0 Å². The monoisotopic (exact) mass is 383 g/mol. The molecule has 0 aliphatic carbocycles. The number of para-hydroxylation sites is 1. The van der Waals surface area contributed by atoms with E-state index in [2.05, 4.69) is 20.8 Å². The maximum absolute atomic E-state index is 12.4. The molecule has 1 aromatic heterocycles. The minimum Gasteiger partial charge on any atom is -0.497 e. The number of ether oxygens (including phenoxy) is 3. The molecule has 0 radical (unpaired) electrons. The Bertz CT molecular complexity index is 974. The van der Waals surface area contributed by atoms with Gasteiger partial charge in [-0.2, -0.15) is 4.68 Å². The maximum Gasteiger partial charge on any atom is 0.340 e. The summed E-state index contributed by atoms with van der Waals surface area (Å²) in [5.41, 5.74) is 1.06. The number of hydrogen-bond donors (Lipinski definition) is 1. The second-order valence-electron chi connectivity index (χ2n) is 5.46. The highest BCUT2D eigenvalue weighted by molar-refractivity contribution is 5.97. The molecule has 1 N–H and O–H groups in total. The number of carbonyl (C=O) groups is 2. The summed E-state index contributed by atoms with van der Waals surface area (Å²) >= 11 is 0. The molecule has 10 nitrogen and oxygen atoms in total. The first-order valence-corrected chi connectivity index (χ1v) is 8.13. The van der Waals surface area contributed by atoms with Crippen molar-refractivity contribution < 1.29 is 23.8 Å². The highest BCUT2D eigenvalue weighted by Crippen LogP contribution is 2.28. The minimum atomic E-state index is -0.682. The normalized spacial score (nSPS) is 10.2. The summed E-state index contributed by atoms with van der Waals surface area (Å²) in [6.45, 7) is -0.483. The number of tetrazole rings is 1. The lowest BCUT2D eigenvalue weighted by Crippen LogP contribution is -2.22. The van der Waals surface area contributed by atoms with Gasteiger partial charge < -0.3 is 19.5 Å². The third kappa shape index (κ3) is 4.23. The fraction of sp³-hybridized carbons (Fsp3) is 0.167. The molecule has 0 unspecified atom stereocenters. The number of amides is 1. The Morgan fingerprint density at radius 1 is 1.11 bits per heavy atom. The smallest absolute Gasteiger partial charge is 0.340 e. The number of benzene rings is 2. The van der Waals surface area contributed by atoms with E-state index >= 15 is 0 Å². The largest absolute Gasteiger partial charge is 0.497 e. The Labute approximate surface area is 160 Å². The molecule has 3 aromatic rings. The summed E-state index contributed by atoms with van der Waals surface area (Å²) in [6, 6.07) is 11.6. The van der Waals surface area contributed by atoms with Crippen LogP contribution in [0.4, 0.5) is 5.69 Å². The van der Waals surface area contributed by atoms with Gasteiger partial charge in [-0.1, -0.05) is 12.1 Å². The van der Waals surface area contributed by atoms with E-state index in [4.69, 9.17) is 14.2 Å². The van der Waals surface area contributed by atoms with Crippen LogP contribution in [0, 0.1) is 0 Å². The van der Waals surface area contributed by atoms with Gasteiger partial charge in [-0.3, -0.25) is 4.79 Å². The molecule has 28 heavy (non-hydrogen) atoms. The number of carbonyl (C=O) groups excluding carboxylic acids is 2. The van der Waals surface area contributed by atoms with Crippen molar-refractivity contribution in [1.82, 2.24) is 20.2 Å². The molecule has 2 aromatic carbocycles. The van der Waals surface area contributed by atoms with Crippen LogP contribution in [0.1, 0.15) is 10.4 Å². The highest BCUT2D eigenvalue weighted by Gasteiger charge is 2.17. The van der Waals surface area contributed by atoms with Crippen LogP contribution >= 0.6 is 0 Å². The zero-order valence-corrected chi connectivity index (χ0v) is 15.2.